The SMILES string of the molecule is CC(=O)C1=C(Nc2ccccc2)C[C@@](C)(O)[C@H](C(C)=O)[C@H]1c1ccccc1F. The molecule has 2 N–H and O–H groups in total. The number of halogens is 1. The summed E-state index contributed by atoms with van der Waals surface area (Å²) < 4.78 is 14.7. The molecule has 0 spiro atoms. The zero-order valence-corrected chi connectivity index (χ0v) is 16.2. The molecule has 0 unspecified atom stereocenters. The average molecular weight is 381 g/mol. The molecule has 1 aliphatic carbocycles. The molecule has 2 aromatic rings. The highest BCUT2D eigenvalue weighted by molar-refractivity contribution is 5.98. The Morgan fingerprint density at radius 3 is 2.25 bits per heavy atom. The highest BCUT2D eigenvalue weighted by Gasteiger charge is 2.49. The molecule has 4 nitrogen and oxygen atoms in total. The molecule has 3 rings (SSSR count). The van der Waals surface area contributed by atoms with Gasteiger partial charge in [-0.3, -0.25) is 9.59 Å². The Balaban J connectivity index is 2.24. The third-order valence-corrected chi connectivity index (χ3v) is 5.30. The van der Waals surface area contributed by atoms with Gasteiger partial charge in [-0.25, -0.2) is 4.39 Å². The Bertz CT molecular complexity index is 934. The van der Waals surface area contributed by atoms with Crippen LogP contribution in [-0.2, 0) is 9.59 Å². The Morgan fingerprint density at radius 2 is 1.68 bits per heavy atom. The second-order valence-electron chi connectivity index (χ2n) is 7.56. The predicted octanol–water partition coefficient (Wildman–Crippen LogP) is 4.22. The van der Waals surface area contributed by atoms with Gasteiger partial charge in [0.15, 0.2) is 5.78 Å². The van der Waals surface area contributed by atoms with E-state index in [0.29, 0.717) is 11.3 Å². The van der Waals surface area contributed by atoms with Crippen LogP contribution in [0.25, 0.3) is 0 Å². The lowest BCUT2D eigenvalue weighted by molar-refractivity contribution is -0.131. The van der Waals surface area contributed by atoms with Gasteiger partial charge >= 0.3 is 0 Å². The number of rotatable bonds is 5. The van der Waals surface area contributed by atoms with E-state index in [4.69, 9.17) is 0 Å². The van der Waals surface area contributed by atoms with Crippen molar-refractivity contribution in [2.75, 3.05) is 5.32 Å². The number of nitrogens with one attached hydrogen (secondary N) is 1. The molecule has 28 heavy (non-hydrogen) atoms. The topological polar surface area (TPSA) is 66.4 Å². The van der Waals surface area contributed by atoms with Crippen LogP contribution in [-0.4, -0.2) is 22.3 Å². The summed E-state index contributed by atoms with van der Waals surface area (Å²) in [5.41, 5.74) is 0.394. The lowest BCUT2D eigenvalue weighted by Gasteiger charge is -2.43. The number of carbonyl (C=O) groups excluding carboxylic acids is 2. The van der Waals surface area contributed by atoms with Gasteiger partial charge < -0.3 is 10.4 Å². The summed E-state index contributed by atoms with van der Waals surface area (Å²) in [6.07, 6.45) is 0.0893. The second kappa shape index (κ2) is 7.68. The maximum Gasteiger partial charge on any atom is 0.158 e. The van der Waals surface area contributed by atoms with Gasteiger partial charge in [-0.2, -0.15) is 0 Å². The fourth-order valence-corrected chi connectivity index (χ4v) is 4.25. The Kier molecular flexibility index (Phi) is 5.47. The molecule has 0 fully saturated rings. The van der Waals surface area contributed by atoms with Gasteiger partial charge in [0, 0.05) is 29.3 Å². The van der Waals surface area contributed by atoms with E-state index < -0.39 is 23.3 Å². The number of hydrogen-bond acceptors (Lipinski definition) is 4. The highest BCUT2D eigenvalue weighted by Crippen LogP contribution is 2.48. The molecule has 1 aliphatic rings. The third kappa shape index (κ3) is 3.76. The standard InChI is InChI=1S/C23H24FNO3/c1-14(26)20-19(25-16-9-5-4-6-10-16)13-23(3,28)22(15(2)27)21(20)17-11-7-8-12-18(17)24/h4-12,21-22,25,28H,13H2,1-3H3/t21-,22+,23+/m0/s1. The first kappa shape index (κ1) is 20.0. The van der Waals surface area contributed by atoms with Crippen molar-refractivity contribution in [3.8, 4) is 0 Å². The van der Waals surface area contributed by atoms with Crippen molar-refractivity contribution < 1.29 is 19.1 Å². The van der Waals surface area contributed by atoms with E-state index in [9.17, 15) is 19.1 Å². The monoisotopic (exact) mass is 381 g/mol. The molecular weight excluding hydrogens is 357 g/mol. The van der Waals surface area contributed by atoms with E-state index in [2.05, 4.69) is 5.32 Å². The van der Waals surface area contributed by atoms with Gasteiger partial charge in [0.05, 0.1) is 11.5 Å². The van der Waals surface area contributed by atoms with Crippen molar-refractivity contribution in [1.82, 2.24) is 0 Å². The van der Waals surface area contributed by atoms with E-state index in [1.807, 2.05) is 30.3 Å². The normalized spacial score (nSPS) is 24.8. The minimum Gasteiger partial charge on any atom is -0.389 e. The van der Waals surface area contributed by atoms with Crippen molar-refractivity contribution in [3.05, 3.63) is 77.2 Å². The summed E-state index contributed by atoms with van der Waals surface area (Å²) in [5, 5.41) is 14.4. The molecule has 2 aromatic carbocycles. The molecule has 0 aliphatic heterocycles. The predicted molar refractivity (Wildman–Crippen MR) is 106 cm³/mol. The second-order valence-corrected chi connectivity index (χ2v) is 7.56. The van der Waals surface area contributed by atoms with Crippen LogP contribution >= 0.6 is 0 Å². The van der Waals surface area contributed by atoms with Crippen molar-refractivity contribution in [3.63, 3.8) is 0 Å². The summed E-state index contributed by atoms with van der Waals surface area (Å²) in [6, 6.07) is 15.4. The molecule has 5 heteroatoms. The molecular formula is C23H24FNO3. The molecule has 0 bridgehead atoms. The van der Waals surface area contributed by atoms with Crippen LogP contribution in [0, 0.1) is 11.7 Å². The molecule has 146 valence electrons. The van der Waals surface area contributed by atoms with Crippen LogP contribution < -0.4 is 5.32 Å². The number of aliphatic hydroxyl groups is 1. The first-order valence-corrected chi connectivity index (χ1v) is 9.25. The Labute approximate surface area is 164 Å². The van der Waals surface area contributed by atoms with Gasteiger partial charge in [-0.1, -0.05) is 36.4 Å². The lowest BCUT2D eigenvalue weighted by atomic mass is 9.63. The van der Waals surface area contributed by atoms with E-state index in [0.717, 1.165) is 5.69 Å². The highest BCUT2D eigenvalue weighted by atomic mass is 19.1. The van der Waals surface area contributed by atoms with Crippen molar-refractivity contribution in [2.45, 2.75) is 38.7 Å². The summed E-state index contributed by atoms with van der Waals surface area (Å²) in [6.45, 7) is 4.35. The van der Waals surface area contributed by atoms with Crippen LogP contribution in [0.2, 0.25) is 0 Å². The van der Waals surface area contributed by atoms with Gasteiger partial charge in [0.2, 0.25) is 0 Å². The largest absolute Gasteiger partial charge is 0.389 e. The van der Waals surface area contributed by atoms with Gasteiger partial charge in [-0.05, 0) is 44.5 Å². The third-order valence-electron chi connectivity index (χ3n) is 5.30. The smallest absolute Gasteiger partial charge is 0.158 e. The van der Waals surface area contributed by atoms with Crippen LogP contribution in [0.15, 0.2) is 65.9 Å². The number of ketones is 2. The van der Waals surface area contributed by atoms with Crippen LogP contribution in [0.1, 0.15) is 38.7 Å². The van der Waals surface area contributed by atoms with Crippen molar-refractivity contribution in [1.29, 1.82) is 0 Å². The van der Waals surface area contributed by atoms with Crippen LogP contribution in [0.4, 0.5) is 10.1 Å². The van der Waals surface area contributed by atoms with Crippen molar-refractivity contribution in [2.24, 2.45) is 5.92 Å². The molecule has 0 heterocycles. The number of Topliss-reactive ketones (excluding diaryl/α,β-unsaturated/α-hetero) is 2. The molecule has 0 saturated heterocycles. The fraction of sp³-hybridized carbons (Fsp3) is 0.304. The minimum absolute atomic E-state index is 0.0893. The van der Waals surface area contributed by atoms with E-state index in [-0.39, 0.29) is 23.6 Å². The molecule has 3 atom stereocenters. The first-order valence-electron chi connectivity index (χ1n) is 9.25. The van der Waals surface area contributed by atoms with Gasteiger partial charge in [-0.15, -0.1) is 0 Å². The number of carbonyl (C=O) groups is 2. The first-order chi connectivity index (χ1) is 13.2. The Hall–Kier alpha value is -2.79. The summed E-state index contributed by atoms with van der Waals surface area (Å²) in [4.78, 5) is 25.2. The maximum absolute atomic E-state index is 14.7. The van der Waals surface area contributed by atoms with E-state index >= 15 is 0 Å². The summed E-state index contributed by atoms with van der Waals surface area (Å²) in [5.74, 6) is -2.84. The van der Waals surface area contributed by atoms with Crippen LogP contribution in [0.5, 0.6) is 0 Å². The molecule has 0 amide bonds. The van der Waals surface area contributed by atoms with Gasteiger partial charge in [0.1, 0.15) is 11.6 Å². The maximum atomic E-state index is 14.7. The molecule has 0 radical (unpaired) electrons. The number of allylic oxidation sites excluding steroid dienone is 1. The quantitative estimate of drug-likeness (QED) is 0.814. The molecule has 0 aromatic heterocycles. The number of anilines is 1. The zero-order valence-electron chi connectivity index (χ0n) is 16.2. The minimum atomic E-state index is -1.44. The molecule has 0 saturated carbocycles. The van der Waals surface area contributed by atoms with Crippen molar-refractivity contribution >= 4 is 17.3 Å². The van der Waals surface area contributed by atoms with Gasteiger partial charge in [0.25, 0.3) is 0 Å². The number of benzene rings is 2. The summed E-state index contributed by atoms with van der Waals surface area (Å²) >= 11 is 0. The Morgan fingerprint density at radius 1 is 1.07 bits per heavy atom. The summed E-state index contributed by atoms with van der Waals surface area (Å²) in [7, 11) is 0. The van der Waals surface area contributed by atoms with Crippen LogP contribution in [0.3, 0.4) is 0 Å². The number of para-hydroxylation sites is 1. The average Bonchev–Trinajstić information content (AvgIpc) is 2.61. The lowest BCUT2D eigenvalue weighted by Crippen LogP contribution is -2.48. The van der Waals surface area contributed by atoms with E-state index in [1.165, 1.54) is 19.9 Å². The zero-order chi connectivity index (χ0) is 20.5. The van der Waals surface area contributed by atoms with E-state index in [1.54, 1.807) is 25.1 Å². The fourth-order valence-electron chi connectivity index (χ4n) is 4.25. The number of hydrogen-bond donors (Lipinski definition) is 2.